The van der Waals surface area contributed by atoms with E-state index in [-0.39, 0.29) is 5.91 Å². The van der Waals surface area contributed by atoms with E-state index in [1.807, 2.05) is 24.3 Å². The number of carbonyl (C=O) groups is 1. The van der Waals surface area contributed by atoms with Crippen LogP contribution in [0.3, 0.4) is 0 Å². The normalized spacial score (nSPS) is 17.1. The van der Waals surface area contributed by atoms with Gasteiger partial charge in [0.15, 0.2) is 6.10 Å². The smallest absolute Gasteiger partial charge is 0.272 e. The number of oxazole rings is 1. The number of benzene rings is 1. The molecular weight excluding hydrogens is 366 g/mol. The Morgan fingerprint density at radius 2 is 2.04 bits per heavy atom. The summed E-state index contributed by atoms with van der Waals surface area (Å²) in [5.74, 6) is 1.05. The first kappa shape index (κ1) is 17.7. The quantitative estimate of drug-likeness (QED) is 0.689. The molecule has 0 bridgehead atoms. The summed E-state index contributed by atoms with van der Waals surface area (Å²) in [4.78, 5) is 22.8. The Balaban J connectivity index is 1.45. The monoisotopic (exact) mass is 383 g/mol. The van der Waals surface area contributed by atoms with Crippen molar-refractivity contribution >= 4 is 17.5 Å². The van der Waals surface area contributed by atoms with Gasteiger partial charge in [-0.25, -0.2) is 4.98 Å². The van der Waals surface area contributed by atoms with Gasteiger partial charge >= 0.3 is 0 Å². The summed E-state index contributed by atoms with van der Waals surface area (Å²) in [5.41, 5.74) is 1.39. The van der Waals surface area contributed by atoms with Crippen molar-refractivity contribution in [2.24, 2.45) is 0 Å². The Bertz CT molecular complexity index is 929. The number of halogens is 1. The minimum absolute atomic E-state index is 0.119. The van der Waals surface area contributed by atoms with Crippen LogP contribution in [0.25, 0.3) is 0 Å². The third kappa shape index (κ3) is 4.02. The van der Waals surface area contributed by atoms with Crippen molar-refractivity contribution in [2.75, 3.05) is 19.7 Å². The maximum atomic E-state index is 12.6. The molecule has 1 aliphatic rings. The summed E-state index contributed by atoms with van der Waals surface area (Å²) in [6, 6.07) is 12.9. The van der Waals surface area contributed by atoms with Gasteiger partial charge in [0.25, 0.3) is 5.91 Å². The van der Waals surface area contributed by atoms with Crippen LogP contribution in [-0.4, -0.2) is 40.5 Å². The molecule has 1 amide bonds. The van der Waals surface area contributed by atoms with Crippen molar-refractivity contribution in [2.45, 2.75) is 12.5 Å². The van der Waals surface area contributed by atoms with Gasteiger partial charge in [-0.05, 0) is 23.8 Å². The molecule has 1 aliphatic heterocycles. The number of morpholine rings is 1. The highest BCUT2D eigenvalue weighted by Crippen LogP contribution is 2.25. The first-order valence-corrected chi connectivity index (χ1v) is 9.08. The zero-order chi connectivity index (χ0) is 18.6. The van der Waals surface area contributed by atoms with Crippen LogP contribution in [0.2, 0.25) is 5.02 Å². The van der Waals surface area contributed by atoms with Crippen LogP contribution in [0.4, 0.5) is 0 Å². The van der Waals surface area contributed by atoms with E-state index in [9.17, 15) is 4.79 Å². The molecule has 1 aromatic carbocycles. The van der Waals surface area contributed by atoms with Gasteiger partial charge in [0.2, 0.25) is 5.89 Å². The van der Waals surface area contributed by atoms with E-state index in [1.54, 1.807) is 35.5 Å². The molecule has 138 valence electrons. The van der Waals surface area contributed by atoms with E-state index in [0.29, 0.717) is 48.5 Å². The van der Waals surface area contributed by atoms with Gasteiger partial charge < -0.3 is 14.1 Å². The molecule has 27 heavy (non-hydrogen) atoms. The minimum atomic E-state index is -0.397. The van der Waals surface area contributed by atoms with Crippen LogP contribution in [0.1, 0.15) is 33.8 Å². The fourth-order valence-corrected chi connectivity index (χ4v) is 3.22. The Hall–Kier alpha value is -2.70. The standard InChI is InChI=1S/C20H18ClN3O3/c21-16-6-2-1-5-14(16)11-15-12-23-19(27-15)18-13-24(9-10-26-18)20(25)17-7-3-4-8-22-17/h1-8,12,18H,9-11,13H2. The predicted octanol–water partition coefficient (Wildman–Crippen LogP) is 3.53. The Morgan fingerprint density at radius 1 is 1.19 bits per heavy atom. The van der Waals surface area contributed by atoms with Crippen molar-refractivity contribution in [1.29, 1.82) is 0 Å². The van der Waals surface area contributed by atoms with E-state index >= 15 is 0 Å². The van der Waals surface area contributed by atoms with Gasteiger partial charge in [0.05, 0.1) is 19.3 Å². The van der Waals surface area contributed by atoms with Crippen LogP contribution >= 0.6 is 11.6 Å². The van der Waals surface area contributed by atoms with Gasteiger partial charge in [0, 0.05) is 24.2 Å². The van der Waals surface area contributed by atoms with Gasteiger partial charge in [-0.2, -0.15) is 0 Å². The predicted molar refractivity (Wildman–Crippen MR) is 99.6 cm³/mol. The Labute approximate surface area is 161 Å². The lowest BCUT2D eigenvalue weighted by molar-refractivity contribution is -0.0350. The number of aromatic nitrogens is 2. The molecule has 1 saturated heterocycles. The number of hydrogen-bond donors (Lipinski definition) is 0. The average Bonchev–Trinajstić information content (AvgIpc) is 3.19. The van der Waals surface area contributed by atoms with Gasteiger partial charge in [-0.3, -0.25) is 9.78 Å². The number of carbonyl (C=O) groups excluding carboxylic acids is 1. The van der Waals surface area contributed by atoms with E-state index < -0.39 is 6.10 Å². The molecule has 0 radical (unpaired) electrons. The highest BCUT2D eigenvalue weighted by Gasteiger charge is 2.29. The van der Waals surface area contributed by atoms with E-state index in [4.69, 9.17) is 20.8 Å². The third-order valence-corrected chi connectivity index (χ3v) is 4.78. The summed E-state index contributed by atoms with van der Waals surface area (Å²) >= 11 is 6.20. The molecule has 4 rings (SSSR count). The Morgan fingerprint density at radius 3 is 2.85 bits per heavy atom. The van der Waals surface area contributed by atoms with Crippen molar-refractivity contribution in [3.05, 3.63) is 82.8 Å². The van der Waals surface area contributed by atoms with Gasteiger partial charge in [0.1, 0.15) is 11.5 Å². The first-order valence-electron chi connectivity index (χ1n) is 8.70. The highest BCUT2D eigenvalue weighted by atomic mass is 35.5. The van der Waals surface area contributed by atoms with Crippen LogP contribution in [-0.2, 0) is 11.2 Å². The van der Waals surface area contributed by atoms with Crippen molar-refractivity contribution in [1.82, 2.24) is 14.9 Å². The van der Waals surface area contributed by atoms with E-state index in [0.717, 1.165) is 5.56 Å². The molecule has 0 saturated carbocycles. The molecule has 6 nitrogen and oxygen atoms in total. The molecule has 1 unspecified atom stereocenters. The molecule has 0 aliphatic carbocycles. The van der Waals surface area contributed by atoms with Crippen molar-refractivity contribution < 1.29 is 13.9 Å². The second-order valence-electron chi connectivity index (χ2n) is 6.26. The molecule has 1 atom stereocenters. The third-order valence-electron chi connectivity index (χ3n) is 4.41. The fraction of sp³-hybridized carbons (Fsp3) is 0.250. The number of pyridine rings is 1. The number of ether oxygens (including phenoxy) is 1. The summed E-state index contributed by atoms with van der Waals surface area (Å²) in [6.07, 6.45) is 3.45. The molecule has 7 heteroatoms. The number of rotatable bonds is 4. The highest BCUT2D eigenvalue weighted by molar-refractivity contribution is 6.31. The van der Waals surface area contributed by atoms with Crippen LogP contribution in [0.5, 0.6) is 0 Å². The largest absolute Gasteiger partial charge is 0.442 e. The maximum absolute atomic E-state index is 12.6. The van der Waals surface area contributed by atoms with Crippen LogP contribution < -0.4 is 0 Å². The number of hydrogen-bond acceptors (Lipinski definition) is 5. The summed E-state index contributed by atoms with van der Waals surface area (Å²) < 4.78 is 11.6. The molecule has 1 fully saturated rings. The number of nitrogens with zero attached hydrogens (tertiary/aromatic N) is 3. The molecule has 2 aromatic heterocycles. The Kier molecular flexibility index (Phi) is 5.18. The SMILES string of the molecule is O=C(c1ccccn1)N1CCOC(c2ncc(Cc3ccccc3Cl)o2)C1. The van der Waals surface area contributed by atoms with Gasteiger partial charge in [-0.15, -0.1) is 0 Å². The second kappa shape index (κ2) is 7.90. The number of amides is 1. The lowest BCUT2D eigenvalue weighted by Gasteiger charge is -2.31. The second-order valence-corrected chi connectivity index (χ2v) is 6.67. The molecule has 3 aromatic rings. The zero-order valence-electron chi connectivity index (χ0n) is 14.5. The fourth-order valence-electron chi connectivity index (χ4n) is 3.02. The zero-order valence-corrected chi connectivity index (χ0v) is 15.3. The molecule has 3 heterocycles. The van der Waals surface area contributed by atoms with E-state index in [2.05, 4.69) is 9.97 Å². The van der Waals surface area contributed by atoms with Crippen LogP contribution in [0, 0.1) is 0 Å². The van der Waals surface area contributed by atoms with Crippen LogP contribution in [0.15, 0.2) is 59.3 Å². The maximum Gasteiger partial charge on any atom is 0.272 e. The van der Waals surface area contributed by atoms with Crippen molar-refractivity contribution in [3.8, 4) is 0 Å². The summed E-state index contributed by atoms with van der Waals surface area (Å²) in [7, 11) is 0. The lowest BCUT2D eigenvalue weighted by Crippen LogP contribution is -2.42. The van der Waals surface area contributed by atoms with E-state index in [1.165, 1.54) is 0 Å². The minimum Gasteiger partial charge on any atom is -0.442 e. The lowest BCUT2D eigenvalue weighted by atomic mass is 10.1. The molecule has 0 spiro atoms. The average molecular weight is 384 g/mol. The summed E-state index contributed by atoms with van der Waals surface area (Å²) in [5, 5.41) is 0.691. The molecule has 0 N–H and O–H groups in total. The molecular formula is C20H18ClN3O3. The summed E-state index contributed by atoms with van der Waals surface area (Å²) in [6.45, 7) is 1.31. The topological polar surface area (TPSA) is 68.5 Å². The first-order chi connectivity index (χ1) is 13.2. The van der Waals surface area contributed by atoms with Crippen molar-refractivity contribution in [3.63, 3.8) is 0 Å². The van der Waals surface area contributed by atoms with Gasteiger partial charge in [-0.1, -0.05) is 35.9 Å².